The summed E-state index contributed by atoms with van der Waals surface area (Å²) < 4.78 is 12.0. The number of hydrogen-bond acceptors (Lipinski definition) is 7. The monoisotopic (exact) mass is 447 g/mol. The van der Waals surface area contributed by atoms with Gasteiger partial charge in [0, 0.05) is 42.5 Å². The topological polar surface area (TPSA) is 92.4 Å². The molecule has 4 rings (SSSR count). The number of nitrogens with two attached hydrogens (primary N) is 1. The van der Waals surface area contributed by atoms with Crippen LogP contribution in [0.5, 0.6) is 0 Å². The lowest BCUT2D eigenvalue weighted by atomic mass is 9.97. The van der Waals surface area contributed by atoms with E-state index in [1.807, 2.05) is 12.3 Å². The van der Waals surface area contributed by atoms with Gasteiger partial charge in [-0.1, -0.05) is 11.3 Å². The summed E-state index contributed by atoms with van der Waals surface area (Å²) >= 11 is 2.84. The van der Waals surface area contributed by atoms with Crippen LogP contribution in [0.15, 0.2) is 33.9 Å². The molecule has 1 aliphatic rings. The molecule has 1 saturated heterocycles. The van der Waals surface area contributed by atoms with Gasteiger partial charge in [-0.3, -0.25) is 9.69 Å². The summed E-state index contributed by atoms with van der Waals surface area (Å²) in [6.45, 7) is 5.07. The largest absolute Gasteiger partial charge is 0.370 e. The highest BCUT2D eigenvalue weighted by Gasteiger charge is 2.36. The number of aryl methyl sites for hydroxylation is 2. The maximum absolute atomic E-state index is 12.8. The van der Waals surface area contributed by atoms with Crippen LogP contribution < -0.4 is 14.9 Å². The van der Waals surface area contributed by atoms with Gasteiger partial charge in [0.1, 0.15) is 20.2 Å². The first kappa shape index (κ1) is 20.1. The Morgan fingerprint density at radius 1 is 1.24 bits per heavy atom. The number of amides is 1. The molecule has 1 aliphatic heterocycles. The molecule has 2 aromatic heterocycles. The van der Waals surface area contributed by atoms with Gasteiger partial charge in [-0.2, -0.15) is 0 Å². The molecule has 0 spiro atoms. The molecular weight excluding hydrogens is 426 g/mol. The minimum Gasteiger partial charge on any atom is -0.370 e. The van der Waals surface area contributed by atoms with Gasteiger partial charge >= 0.3 is 0 Å². The van der Waals surface area contributed by atoms with Gasteiger partial charge in [-0.25, -0.2) is 19.3 Å². The smallest absolute Gasteiger partial charge is 0.235 e. The van der Waals surface area contributed by atoms with Gasteiger partial charge in [0.15, 0.2) is 5.13 Å². The molecule has 0 bridgehead atoms. The van der Waals surface area contributed by atoms with E-state index >= 15 is 0 Å². The van der Waals surface area contributed by atoms with Crippen molar-refractivity contribution < 1.29 is 9.00 Å². The van der Waals surface area contributed by atoms with Crippen molar-refractivity contribution >= 4 is 50.4 Å². The van der Waals surface area contributed by atoms with Crippen molar-refractivity contribution in [1.29, 1.82) is 0 Å². The third-order valence-corrected chi connectivity index (χ3v) is 8.31. The Morgan fingerprint density at radius 3 is 2.48 bits per heavy atom. The Bertz CT molecular complexity index is 1070. The summed E-state index contributed by atoms with van der Waals surface area (Å²) in [6.07, 6.45) is 0. The van der Waals surface area contributed by atoms with Crippen LogP contribution in [0.3, 0.4) is 0 Å². The number of hydrogen-bond donors (Lipinski definition) is 1. The molecule has 1 fully saturated rings. The highest BCUT2D eigenvalue weighted by Crippen LogP contribution is 2.32. The quantitative estimate of drug-likeness (QED) is 0.649. The third kappa shape index (κ3) is 3.97. The fourth-order valence-electron chi connectivity index (χ4n) is 3.21. The van der Waals surface area contributed by atoms with Crippen LogP contribution >= 0.6 is 22.7 Å². The van der Waals surface area contributed by atoms with Gasteiger partial charge < -0.3 is 4.90 Å². The van der Waals surface area contributed by atoms with Crippen LogP contribution in [0.2, 0.25) is 0 Å². The summed E-state index contributed by atoms with van der Waals surface area (Å²) in [5.41, 5.74) is 3.84. The summed E-state index contributed by atoms with van der Waals surface area (Å²) in [5.74, 6) is -0.0726. The molecule has 3 aromatic rings. The summed E-state index contributed by atoms with van der Waals surface area (Å²) in [7, 11) is 0.118. The Morgan fingerprint density at radius 2 is 1.93 bits per heavy atom. The van der Waals surface area contributed by atoms with Crippen LogP contribution in [0, 0.1) is 19.8 Å². The molecule has 1 amide bonds. The second kappa shape index (κ2) is 7.94. The van der Waals surface area contributed by atoms with Crippen molar-refractivity contribution in [2.45, 2.75) is 18.1 Å². The number of carbonyl (C=O) groups excluding carboxylic acids is 1. The van der Waals surface area contributed by atoms with Crippen LogP contribution in [0.4, 0.5) is 10.8 Å². The number of benzene rings is 1. The molecule has 0 saturated carbocycles. The fraction of sp³-hybridized carbons (Fsp3) is 0.316. The summed E-state index contributed by atoms with van der Waals surface area (Å²) in [5, 5.41) is 9.05. The maximum Gasteiger partial charge on any atom is 0.235 e. The molecule has 2 N–H and O–H groups in total. The van der Waals surface area contributed by atoms with Crippen molar-refractivity contribution in [1.82, 2.24) is 9.97 Å². The lowest BCUT2D eigenvalue weighted by Gasteiger charge is -2.41. The van der Waals surface area contributed by atoms with Gasteiger partial charge in [-0.05, 0) is 38.1 Å². The zero-order chi connectivity index (χ0) is 20.7. The fourth-order valence-corrected chi connectivity index (χ4v) is 5.68. The molecule has 29 heavy (non-hydrogen) atoms. The zero-order valence-corrected chi connectivity index (χ0v) is 18.7. The molecule has 0 radical (unpaired) electrons. The maximum atomic E-state index is 12.8. The lowest BCUT2D eigenvalue weighted by molar-refractivity contribution is -0.122. The lowest BCUT2D eigenvalue weighted by Crippen LogP contribution is -2.54. The van der Waals surface area contributed by atoms with E-state index in [1.54, 1.807) is 30.2 Å². The van der Waals surface area contributed by atoms with Crippen LogP contribution in [0.25, 0.3) is 10.6 Å². The molecule has 7 nitrogen and oxygen atoms in total. The summed E-state index contributed by atoms with van der Waals surface area (Å²) in [4.78, 5) is 25.4. The Hall–Kier alpha value is -2.14. The molecule has 152 valence electrons. The van der Waals surface area contributed by atoms with Gasteiger partial charge in [0.2, 0.25) is 5.91 Å². The number of nitrogens with zero attached hydrogens (tertiary/aromatic N) is 4. The predicted octanol–water partition coefficient (Wildman–Crippen LogP) is 2.96. The third-order valence-electron chi connectivity index (χ3n) is 4.87. The first-order chi connectivity index (χ1) is 13.8. The van der Waals surface area contributed by atoms with E-state index in [9.17, 15) is 9.00 Å². The first-order valence-corrected chi connectivity index (χ1v) is 11.9. The molecule has 3 heterocycles. The number of carbonyl (C=O) groups is 1. The van der Waals surface area contributed by atoms with E-state index in [-0.39, 0.29) is 11.8 Å². The Labute approximate surface area is 179 Å². The molecule has 0 aliphatic carbocycles. The van der Waals surface area contributed by atoms with Crippen molar-refractivity contribution in [2.75, 3.05) is 29.9 Å². The molecule has 1 aromatic carbocycles. The minimum atomic E-state index is -1.59. The van der Waals surface area contributed by atoms with Gasteiger partial charge in [0.05, 0.1) is 11.6 Å². The van der Waals surface area contributed by atoms with Crippen LogP contribution in [0.1, 0.15) is 11.4 Å². The minimum absolute atomic E-state index is 0.0132. The van der Waals surface area contributed by atoms with Gasteiger partial charge in [0.25, 0.3) is 0 Å². The average Bonchev–Trinajstić information content (AvgIpc) is 3.26. The van der Waals surface area contributed by atoms with E-state index in [2.05, 4.69) is 39.1 Å². The number of anilines is 2. The van der Waals surface area contributed by atoms with Crippen molar-refractivity contribution in [2.24, 2.45) is 11.1 Å². The normalized spacial score (nSPS) is 15.2. The highest BCUT2D eigenvalue weighted by molar-refractivity contribution is 7.85. The van der Waals surface area contributed by atoms with Crippen molar-refractivity contribution in [3.8, 4) is 10.6 Å². The van der Waals surface area contributed by atoms with Crippen LogP contribution in [-0.4, -0.2) is 40.2 Å². The molecule has 10 heteroatoms. The predicted molar refractivity (Wildman–Crippen MR) is 119 cm³/mol. The van der Waals surface area contributed by atoms with Gasteiger partial charge in [-0.15, -0.1) is 11.3 Å². The Balaban J connectivity index is 1.38. The zero-order valence-electron chi connectivity index (χ0n) is 16.3. The second-order valence-corrected chi connectivity index (χ2v) is 10.1. The SMILES string of the molecule is Cc1csc(-c2ccc(N3CC(C(=O)N(C)c4nc(C)c(S(N)=O)s4)C3)cc2)n1. The summed E-state index contributed by atoms with van der Waals surface area (Å²) in [6, 6.07) is 8.29. The standard InChI is InChI=1S/C19H21N5O2S3/c1-11-10-27-16(21-11)13-4-6-15(7-5-13)24-8-14(9-24)17(25)23(3)19-22-12(2)18(28-19)29(20)26/h4-7,10,14H,8-9,20H2,1-3H3. The second-order valence-electron chi connectivity index (χ2n) is 7.01. The number of aromatic nitrogens is 2. The van der Waals surface area contributed by atoms with E-state index in [0.717, 1.165) is 22.0 Å². The highest BCUT2D eigenvalue weighted by atomic mass is 32.2. The van der Waals surface area contributed by atoms with Crippen LogP contribution in [-0.2, 0) is 15.8 Å². The molecular formula is C19H21N5O2S3. The number of rotatable bonds is 5. The Kier molecular flexibility index (Phi) is 5.52. The van der Waals surface area contributed by atoms with E-state index in [0.29, 0.717) is 28.1 Å². The average molecular weight is 448 g/mol. The first-order valence-electron chi connectivity index (χ1n) is 9.02. The number of thiazole rings is 2. The van der Waals surface area contributed by atoms with E-state index in [4.69, 9.17) is 5.14 Å². The van der Waals surface area contributed by atoms with Crippen molar-refractivity contribution in [3.05, 3.63) is 41.0 Å². The van der Waals surface area contributed by atoms with E-state index < -0.39 is 11.0 Å². The van der Waals surface area contributed by atoms with Crippen molar-refractivity contribution in [3.63, 3.8) is 0 Å². The molecule has 1 unspecified atom stereocenters. The van der Waals surface area contributed by atoms with E-state index in [1.165, 1.54) is 11.3 Å². The molecule has 1 atom stereocenters.